The number of hydrogen-bond donors (Lipinski definition) is 3. The predicted octanol–water partition coefficient (Wildman–Crippen LogP) is -1.43. The van der Waals surface area contributed by atoms with Crippen molar-refractivity contribution in [3.8, 4) is 11.3 Å². The Kier molecular flexibility index (Phi) is 6.70. The molecule has 0 bridgehead atoms. The molecular weight excluding hydrogens is 365 g/mol. The van der Waals surface area contributed by atoms with Crippen molar-refractivity contribution >= 4 is 11.7 Å². The van der Waals surface area contributed by atoms with Gasteiger partial charge in [0.05, 0.1) is 12.1 Å². The molecule has 1 amide bonds. The van der Waals surface area contributed by atoms with Crippen LogP contribution in [0.25, 0.3) is 11.3 Å². The standard InChI is InChI=1S/C16H16FN5O3.ClH/c17-12-4-2-1-3-11(12)13-6-5-10(24-13)9-19-7-8-20-16(23)14-15(18)22-25-21-14;/h1-6,19H,7-9H2,(H2,18,22)(H,20,23);1H/p-1. The van der Waals surface area contributed by atoms with E-state index < -0.39 is 5.91 Å². The second-order valence-electron chi connectivity index (χ2n) is 5.18. The molecule has 0 fully saturated rings. The molecule has 0 unspecified atom stereocenters. The molecule has 0 saturated heterocycles. The Morgan fingerprint density at radius 2 is 1.96 bits per heavy atom. The van der Waals surface area contributed by atoms with Crippen LogP contribution in [0.15, 0.2) is 45.4 Å². The van der Waals surface area contributed by atoms with E-state index >= 15 is 0 Å². The summed E-state index contributed by atoms with van der Waals surface area (Å²) >= 11 is 0. The molecule has 0 aliphatic carbocycles. The van der Waals surface area contributed by atoms with Gasteiger partial charge in [-0.05, 0) is 34.6 Å². The number of carbonyl (C=O) groups excluding carboxylic acids is 1. The highest BCUT2D eigenvalue weighted by Gasteiger charge is 2.15. The number of aromatic nitrogens is 2. The van der Waals surface area contributed by atoms with E-state index in [1.165, 1.54) is 6.07 Å². The first-order chi connectivity index (χ1) is 12.1. The highest BCUT2D eigenvalue weighted by Crippen LogP contribution is 2.24. The average Bonchev–Trinajstić information content (AvgIpc) is 3.24. The zero-order valence-corrected chi connectivity index (χ0v) is 14.3. The monoisotopic (exact) mass is 380 g/mol. The smallest absolute Gasteiger partial charge is 0.277 e. The number of nitrogens with one attached hydrogen (secondary N) is 2. The van der Waals surface area contributed by atoms with Crippen LogP contribution in [-0.2, 0) is 6.54 Å². The zero-order chi connectivity index (χ0) is 17.6. The van der Waals surface area contributed by atoms with Gasteiger partial charge in [0.2, 0.25) is 11.5 Å². The molecule has 0 saturated carbocycles. The molecule has 0 radical (unpaired) electrons. The van der Waals surface area contributed by atoms with Crippen LogP contribution in [0.2, 0.25) is 0 Å². The molecule has 0 spiro atoms. The fourth-order valence-corrected chi connectivity index (χ4v) is 2.19. The molecule has 2 heterocycles. The fraction of sp³-hybridized carbons (Fsp3) is 0.188. The number of anilines is 1. The van der Waals surface area contributed by atoms with Gasteiger partial charge in [0, 0.05) is 13.1 Å². The number of rotatable bonds is 7. The molecule has 10 heteroatoms. The van der Waals surface area contributed by atoms with E-state index in [4.69, 9.17) is 10.2 Å². The number of nitrogen functional groups attached to an aromatic ring is 1. The molecule has 0 atom stereocenters. The molecule has 1 aromatic carbocycles. The third-order valence-electron chi connectivity index (χ3n) is 3.42. The van der Waals surface area contributed by atoms with Crippen molar-refractivity contribution in [1.82, 2.24) is 20.9 Å². The number of carbonyl (C=O) groups is 1. The van der Waals surface area contributed by atoms with E-state index in [9.17, 15) is 9.18 Å². The summed E-state index contributed by atoms with van der Waals surface area (Å²) in [5, 5.41) is 12.5. The lowest BCUT2D eigenvalue weighted by atomic mass is 10.1. The van der Waals surface area contributed by atoms with E-state index in [0.29, 0.717) is 36.7 Å². The molecule has 0 aliphatic heterocycles. The van der Waals surface area contributed by atoms with Gasteiger partial charge in [-0.1, -0.05) is 12.1 Å². The summed E-state index contributed by atoms with van der Waals surface area (Å²) < 4.78 is 23.7. The first-order valence-electron chi connectivity index (χ1n) is 7.55. The minimum atomic E-state index is -0.458. The zero-order valence-electron chi connectivity index (χ0n) is 13.5. The van der Waals surface area contributed by atoms with Crippen molar-refractivity contribution in [2.75, 3.05) is 18.8 Å². The van der Waals surface area contributed by atoms with Gasteiger partial charge in [-0.2, -0.15) is 0 Å². The van der Waals surface area contributed by atoms with Crippen LogP contribution < -0.4 is 28.8 Å². The number of nitrogens with zero attached hydrogens (tertiary/aromatic N) is 2. The van der Waals surface area contributed by atoms with Crippen molar-refractivity contribution in [3.63, 3.8) is 0 Å². The summed E-state index contributed by atoms with van der Waals surface area (Å²) in [6, 6.07) is 9.91. The Morgan fingerprint density at radius 1 is 1.15 bits per heavy atom. The van der Waals surface area contributed by atoms with Crippen LogP contribution in [0.5, 0.6) is 0 Å². The molecule has 2 aromatic heterocycles. The minimum Gasteiger partial charge on any atom is -1.00 e. The summed E-state index contributed by atoms with van der Waals surface area (Å²) in [7, 11) is 0. The van der Waals surface area contributed by atoms with Crippen LogP contribution in [-0.4, -0.2) is 29.3 Å². The summed E-state index contributed by atoms with van der Waals surface area (Å²) in [5.41, 5.74) is 5.80. The number of halogens is 2. The maximum absolute atomic E-state index is 13.7. The summed E-state index contributed by atoms with van der Waals surface area (Å²) in [6.07, 6.45) is 0. The maximum Gasteiger partial charge on any atom is 0.277 e. The average molecular weight is 381 g/mol. The predicted molar refractivity (Wildman–Crippen MR) is 86.9 cm³/mol. The molecule has 3 aromatic rings. The Hall–Kier alpha value is -2.91. The van der Waals surface area contributed by atoms with Crippen molar-refractivity contribution in [2.45, 2.75) is 6.54 Å². The van der Waals surface area contributed by atoms with Gasteiger partial charge in [0.1, 0.15) is 17.3 Å². The first kappa shape index (κ1) is 19.4. The van der Waals surface area contributed by atoms with E-state index in [2.05, 4.69) is 25.6 Å². The lowest BCUT2D eigenvalue weighted by molar-refractivity contribution is -0.0000152. The molecule has 138 valence electrons. The number of amides is 1. The Balaban J connectivity index is 0.00000243. The van der Waals surface area contributed by atoms with Crippen molar-refractivity contribution in [1.29, 1.82) is 0 Å². The summed E-state index contributed by atoms with van der Waals surface area (Å²) in [4.78, 5) is 11.7. The lowest BCUT2D eigenvalue weighted by Crippen LogP contribution is -3.00. The van der Waals surface area contributed by atoms with Gasteiger partial charge >= 0.3 is 0 Å². The number of nitrogens with two attached hydrogens (primary N) is 1. The van der Waals surface area contributed by atoms with E-state index in [1.54, 1.807) is 30.3 Å². The van der Waals surface area contributed by atoms with Gasteiger partial charge < -0.3 is 33.2 Å². The SMILES string of the molecule is Nc1nonc1C(=O)NCCNCc1ccc(-c2ccccc2F)o1.[Cl-]. The highest BCUT2D eigenvalue weighted by molar-refractivity contribution is 5.95. The molecule has 8 nitrogen and oxygen atoms in total. The van der Waals surface area contributed by atoms with E-state index in [-0.39, 0.29) is 29.7 Å². The maximum atomic E-state index is 13.7. The number of furan rings is 1. The van der Waals surface area contributed by atoms with Crippen LogP contribution >= 0.6 is 0 Å². The van der Waals surface area contributed by atoms with E-state index in [1.807, 2.05) is 0 Å². The number of hydrogen-bond acceptors (Lipinski definition) is 7. The largest absolute Gasteiger partial charge is 1.00 e. The minimum absolute atomic E-state index is 0. The fourth-order valence-electron chi connectivity index (χ4n) is 2.19. The lowest BCUT2D eigenvalue weighted by Gasteiger charge is -2.04. The van der Waals surface area contributed by atoms with Gasteiger partial charge in [0.15, 0.2) is 0 Å². The van der Waals surface area contributed by atoms with Crippen molar-refractivity contribution in [3.05, 3.63) is 53.7 Å². The van der Waals surface area contributed by atoms with Crippen molar-refractivity contribution in [2.24, 2.45) is 0 Å². The summed E-state index contributed by atoms with van der Waals surface area (Å²) in [5.74, 6) is 0.287. The first-order valence-corrected chi connectivity index (χ1v) is 7.55. The quantitative estimate of drug-likeness (QED) is 0.430. The topological polar surface area (TPSA) is 119 Å². The van der Waals surface area contributed by atoms with Gasteiger partial charge in [-0.3, -0.25) is 4.79 Å². The highest BCUT2D eigenvalue weighted by atomic mass is 35.5. The summed E-state index contributed by atoms with van der Waals surface area (Å²) in [6.45, 7) is 1.29. The molecular formula is C16H16ClFN5O3-. The van der Waals surface area contributed by atoms with Crippen molar-refractivity contribution < 1.29 is 30.6 Å². The Labute approximate surface area is 154 Å². The Morgan fingerprint density at radius 3 is 2.69 bits per heavy atom. The van der Waals surface area contributed by atoms with Crippen LogP contribution in [0, 0.1) is 5.82 Å². The molecule has 4 N–H and O–H groups in total. The molecule has 3 rings (SSSR count). The van der Waals surface area contributed by atoms with Crippen LogP contribution in [0.3, 0.4) is 0 Å². The Bertz CT molecular complexity index is 867. The second-order valence-corrected chi connectivity index (χ2v) is 5.18. The van der Waals surface area contributed by atoms with Gasteiger partial charge in [-0.25, -0.2) is 9.02 Å². The van der Waals surface area contributed by atoms with Crippen LogP contribution in [0.4, 0.5) is 10.2 Å². The van der Waals surface area contributed by atoms with Crippen LogP contribution in [0.1, 0.15) is 16.2 Å². The third-order valence-corrected chi connectivity index (χ3v) is 3.42. The van der Waals surface area contributed by atoms with Gasteiger partial charge in [-0.15, -0.1) is 0 Å². The molecule has 26 heavy (non-hydrogen) atoms. The third kappa shape index (κ3) is 4.58. The normalized spacial score (nSPS) is 10.3. The molecule has 0 aliphatic rings. The van der Waals surface area contributed by atoms with Gasteiger partial charge in [0.25, 0.3) is 5.91 Å². The second kappa shape index (κ2) is 8.97. The van der Waals surface area contributed by atoms with E-state index in [0.717, 1.165) is 0 Å². The number of benzene rings is 1.